The summed E-state index contributed by atoms with van der Waals surface area (Å²) in [6.45, 7) is 6.31. The van der Waals surface area contributed by atoms with Crippen LogP contribution in [0.4, 0.5) is 0 Å². The van der Waals surface area contributed by atoms with Crippen LogP contribution >= 0.6 is 11.8 Å². The summed E-state index contributed by atoms with van der Waals surface area (Å²) in [6, 6.07) is 1.98. The molecule has 0 unspecified atom stereocenters. The van der Waals surface area contributed by atoms with E-state index in [4.69, 9.17) is 4.52 Å². The maximum atomic E-state index is 11.8. The number of aryl methyl sites for hydroxylation is 1. The van der Waals surface area contributed by atoms with E-state index in [1.54, 1.807) is 6.20 Å². The van der Waals surface area contributed by atoms with E-state index < -0.39 is 0 Å². The molecule has 0 aliphatic heterocycles. The molecule has 6 heteroatoms. The third-order valence-electron chi connectivity index (χ3n) is 3.63. The number of nitrogens with zero attached hydrogens (tertiary/aromatic N) is 3. The molecule has 0 saturated heterocycles. The smallest absolute Gasteiger partial charge is 0.188 e. The molecule has 22 heavy (non-hydrogen) atoms. The Labute approximate surface area is 133 Å². The van der Waals surface area contributed by atoms with E-state index in [-0.39, 0.29) is 11.2 Å². The molecular formula is C16H19N3O2S. The number of thioether (sulfide) groups is 1. The molecule has 0 bridgehead atoms. The van der Waals surface area contributed by atoms with Crippen LogP contribution in [0.25, 0.3) is 0 Å². The van der Waals surface area contributed by atoms with Gasteiger partial charge < -0.3 is 4.52 Å². The van der Waals surface area contributed by atoms with E-state index in [0.717, 1.165) is 30.0 Å². The number of hydrogen-bond acceptors (Lipinski definition) is 6. The fraction of sp³-hybridized carbons (Fsp3) is 0.500. The fourth-order valence-electron chi connectivity index (χ4n) is 2.31. The molecule has 0 spiro atoms. The number of ketones is 1. The Morgan fingerprint density at radius 3 is 2.86 bits per heavy atom. The molecule has 2 aromatic rings. The second kappa shape index (κ2) is 5.83. The van der Waals surface area contributed by atoms with Gasteiger partial charge in [0.1, 0.15) is 5.76 Å². The maximum Gasteiger partial charge on any atom is 0.188 e. The third-order valence-corrected chi connectivity index (χ3v) is 4.52. The zero-order valence-electron chi connectivity index (χ0n) is 13.0. The first-order chi connectivity index (χ1) is 10.4. The Bertz CT molecular complexity index is 704. The van der Waals surface area contributed by atoms with Crippen molar-refractivity contribution in [2.75, 3.05) is 0 Å². The summed E-state index contributed by atoms with van der Waals surface area (Å²) in [4.78, 5) is 20.5. The molecule has 5 nitrogen and oxygen atoms in total. The summed E-state index contributed by atoms with van der Waals surface area (Å²) >= 11 is 1.50. The van der Waals surface area contributed by atoms with Crippen molar-refractivity contribution in [3.63, 3.8) is 0 Å². The van der Waals surface area contributed by atoms with Crippen LogP contribution in [0.1, 0.15) is 61.1 Å². The van der Waals surface area contributed by atoms with Crippen LogP contribution in [0.15, 0.2) is 21.9 Å². The molecule has 2 heterocycles. The summed E-state index contributed by atoms with van der Waals surface area (Å²) < 4.78 is 5.36. The molecule has 116 valence electrons. The van der Waals surface area contributed by atoms with Gasteiger partial charge in [0.05, 0.1) is 22.7 Å². The summed E-state index contributed by atoms with van der Waals surface area (Å²) in [5.74, 6) is 1.60. The van der Waals surface area contributed by atoms with Crippen LogP contribution < -0.4 is 0 Å². The number of carbonyl (C=O) groups excluding carboxylic acids is 1. The Hall–Kier alpha value is -1.69. The molecule has 3 rings (SSSR count). The lowest BCUT2D eigenvalue weighted by molar-refractivity contribution is 0.0970. The normalized spacial score (nSPS) is 15.0. The zero-order chi connectivity index (χ0) is 15.7. The Morgan fingerprint density at radius 2 is 2.14 bits per heavy atom. The van der Waals surface area contributed by atoms with Crippen molar-refractivity contribution in [3.8, 4) is 0 Å². The van der Waals surface area contributed by atoms with Gasteiger partial charge in [0.2, 0.25) is 0 Å². The molecule has 0 amide bonds. The molecule has 0 fully saturated rings. The molecule has 0 aromatic carbocycles. The topological polar surface area (TPSA) is 68.9 Å². The summed E-state index contributed by atoms with van der Waals surface area (Å²) in [5, 5.41) is 4.79. The van der Waals surface area contributed by atoms with Crippen LogP contribution in [0, 0.1) is 0 Å². The first-order valence-corrected chi connectivity index (χ1v) is 8.40. The molecule has 0 radical (unpaired) electrons. The monoisotopic (exact) mass is 317 g/mol. The van der Waals surface area contributed by atoms with Crippen LogP contribution in [-0.4, -0.2) is 20.9 Å². The first kappa shape index (κ1) is 15.2. The van der Waals surface area contributed by atoms with Crippen molar-refractivity contribution < 1.29 is 9.32 Å². The quantitative estimate of drug-likeness (QED) is 0.636. The number of hydrogen-bond donors (Lipinski definition) is 0. The fourth-order valence-corrected chi connectivity index (χ4v) is 3.02. The molecular weight excluding hydrogens is 298 g/mol. The van der Waals surface area contributed by atoms with Gasteiger partial charge in [-0.1, -0.05) is 37.7 Å². The van der Waals surface area contributed by atoms with Gasteiger partial charge in [-0.3, -0.25) is 4.79 Å². The summed E-state index contributed by atoms with van der Waals surface area (Å²) in [6.07, 6.45) is 4.00. The zero-order valence-corrected chi connectivity index (χ0v) is 13.9. The number of Topliss-reactive ketones (excluding diaryl/α,β-unsaturated/α-hetero) is 1. The minimum absolute atomic E-state index is 0.0188. The van der Waals surface area contributed by atoms with E-state index in [9.17, 15) is 4.79 Å². The highest BCUT2D eigenvalue weighted by Crippen LogP contribution is 2.26. The van der Waals surface area contributed by atoms with Crippen molar-refractivity contribution in [1.82, 2.24) is 15.1 Å². The van der Waals surface area contributed by atoms with Gasteiger partial charge in [-0.25, -0.2) is 9.97 Å². The third kappa shape index (κ3) is 3.21. The highest BCUT2D eigenvalue weighted by molar-refractivity contribution is 7.98. The SMILES string of the molecule is CC(C)(C)c1cc(CSc2ncc3c(n2)CCCC3=O)on1. The number of aromatic nitrogens is 3. The van der Waals surface area contributed by atoms with Gasteiger partial charge in [0, 0.05) is 24.1 Å². The van der Waals surface area contributed by atoms with Crippen LogP contribution in [0.2, 0.25) is 0 Å². The minimum Gasteiger partial charge on any atom is -0.360 e. The van der Waals surface area contributed by atoms with Crippen molar-refractivity contribution in [3.05, 3.63) is 35.0 Å². The number of carbonyl (C=O) groups is 1. The van der Waals surface area contributed by atoms with Gasteiger partial charge in [-0.05, 0) is 12.8 Å². The van der Waals surface area contributed by atoms with Gasteiger partial charge in [0.15, 0.2) is 10.9 Å². The van der Waals surface area contributed by atoms with Gasteiger partial charge >= 0.3 is 0 Å². The van der Waals surface area contributed by atoms with Crippen LogP contribution in [0.3, 0.4) is 0 Å². The lowest BCUT2D eigenvalue weighted by Gasteiger charge is -2.13. The average Bonchev–Trinajstić information content (AvgIpc) is 2.94. The van der Waals surface area contributed by atoms with Crippen molar-refractivity contribution in [2.24, 2.45) is 0 Å². The lowest BCUT2D eigenvalue weighted by Crippen LogP contribution is -2.13. The molecule has 0 atom stereocenters. The van der Waals surface area contributed by atoms with Gasteiger partial charge in [-0.2, -0.15) is 0 Å². The molecule has 1 aliphatic rings. The minimum atomic E-state index is -0.0188. The Balaban J connectivity index is 1.69. The predicted molar refractivity (Wildman–Crippen MR) is 84.1 cm³/mol. The largest absolute Gasteiger partial charge is 0.360 e. The van der Waals surface area contributed by atoms with Gasteiger partial charge in [0.25, 0.3) is 0 Å². The molecule has 0 saturated carbocycles. The van der Waals surface area contributed by atoms with Gasteiger partial charge in [-0.15, -0.1) is 0 Å². The second-order valence-electron chi connectivity index (χ2n) is 6.51. The number of rotatable bonds is 3. The Morgan fingerprint density at radius 1 is 1.32 bits per heavy atom. The van der Waals surface area contributed by atoms with Crippen molar-refractivity contribution >= 4 is 17.5 Å². The van der Waals surface area contributed by atoms with Crippen molar-refractivity contribution in [2.45, 2.75) is 56.4 Å². The molecule has 1 aliphatic carbocycles. The van der Waals surface area contributed by atoms with E-state index in [1.807, 2.05) is 6.07 Å². The average molecular weight is 317 g/mol. The standard InChI is InChI=1S/C16H19N3O2S/c1-16(2,3)14-7-10(21-19-14)9-22-15-17-8-11-12(18-15)5-4-6-13(11)20/h7-8H,4-6,9H2,1-3H3. The second-order valence-corrected chi connectivity index (χ2v) is 7.45. The number of fused-ring (bicyclic) bond motifs is 1. The summed E-state index contributed by atoms with van der Waals surface area (Å²) in [7, 11) is 0. The predicted octanol–water partition coefficient (Wildman–Crippen LogP) is 3.57. The van der Waals surface area contributed by atoms with Crippen LogP contribution in [-0.2, 0) is 17.6 Å². The summed E-state index contributed by atoms with van der Waals surface area (Å²) in [5.41, 5.74) is 2.49. The lowest BCUT2D eigenvalue weighted by atomic mass is 9.92. The highest BCUT2D eigenvalue weighted by Gasteiger charge is 2.21. The van der Waals surface area contributed by atoms with E-state index in [0.29, 0.717) is 22.9 Å². The maximum absolute atomic E-state index is 11.8. The van der Waals surface area contributed by atoms with E-state index >= 15 is 0 Å². The Kier molecular flexibility index (Phi) is 4.04. The first-order valence-electron chi connectivity index (χ1n) is 7.41. The molecule has 2 aromatic heterocycles. The van der Waals surface area contributed by atoms with E-state index in [1.165, 1.54) is 11.8 Å². The van der Waals surface area contributed by atoms with Crippen molar-refractivity contribution in [1.29, 1.82) is 0 Å². The molecule has 0 N–H and O–H groups in total. The highest BCUT2D eigenvalue weighted by atomic mass is 32.2. The van der Waals surface area contributed by atoms with Crippen LogP contribution in [0.5, 0.6) is 0 Å². The van der Waals surface area contributed by atoms with E-state index in [2.05, 4.69) is 35.9 Å².